The maximum Gasteiger partial charge on any atom is 0.128 e. The number of imidazole rings is 1. The molecule has 1 aromatic heterocycles. The molecule has 0 radical (unpaired) electrons. The Morgan fingerprint density at radius 2 is 2.22 bits per heavy atom. The number of hydrogen-bond acceptors (Lipinski definition) is 1. The minimum Gasteiger partial charge on any atom is -0.325 e. The van der Waals surface area contributed by atoms with Crippen molar-refractivity contribution in [2.24, 2.45) is 0 Å². The lowest BCUT2D eigenvalue weighted by Gasteiger charge is -2.29. The predicted molar refractivity (Wildman–Crippen MR) is 71.7 cm³/mol. The van der Waals surface area contributed by atoms with Crippen LogP contribution in [-0.2, 0) is 6.42 Å². The van der Waals surface area contributed by atoms with Gasteiger partial charge in [-0.15, -0.1) is 11.6 Å². The fraction of sp³-hybridized carbons (Fsp3) is 0.500. The van der Waals surface area contributed by atoms with Crippen molar-refractivity contribution in [3.8, 4) is 0 Å². The van der Waals surface area contributed by atoms with Crippen molar-refractivity contribution in [1.29, 1.82) is 0 Å². The summed E-state index contributed by atoms with van der Waals surface area (Å²) in [7, 11) is 0. The Labute approximate surface area is 111 Å². The molecule has 3 rings (SSSR count). The number of alkyl halides is 1. The van der Waals surface area contributed by atoms with Gasteiger partial charge in [-0.1, -0.05) is 0 Å². The number of halogens is 2. The molecule has 0 aliphatic heterocycles. The Balaban J connectivity index is 2.20. The summed E-state index contributed by atoms with van der Waals surface area (Å²) in [6.45, 7) is 1.80. The first-order valence-electron chi connectivity index (χ1n) is 6.43. The number of aryl methyl sites for hydroxylation is 2. The van der Waals surface area contributed by atoms with Crippen LogP contribution >= 0.6 is 11.6 Å². The number of hydrogen-bond donors (Lipinski definition) is 0. The fourth-order valence-corrected chi connectivity index (χ4v) is 2.75. The largest absolute Gasteiger partial charge is 0.325 e. The SMILES string of the molecule is Cc1cc2c(cc1F)nc(CCCl)n2C1CCC1. The van der Waals surface area contributed by atoms with Crippen LogP contribution in [0.1, 0.15) is 36.7 Å². The highest BCUT2D eigenvalue weighted by Crippen LogP contribution is 2.36. The smallest absolute Gasteiger partial charge is 0.128 e. The summed E-state index contributed by atoms with van der Waals surface area (Å²) in [4.78, 5) is 4.55. The maximum atomic E-state index is 13.6. The van der Waals surface area contributed by atoms with E-state index < -0.39 is 0 Å². The summed E-state index contributed by atoms with van der Waals surface area (Å²) in [6.07, 6.45) is 4.40. The highest BCUT2D eigenvalue weighted by Gasteiger charge is 2.24. The van der Waals surface area contributed by atoms with Crippen molar-refractivity contribution in [2.75, 3.05) is 5.88 Å². The molecule has 18 heavy (non-hydrogen) atoms. The van der Waals surface area contributed by atoms with E-state index >= 15 is 0 Å². The maximum absolute atomic E-state index is 13.6. The number of benzene rings is 1. The summed E-state index contributed by atoms with van der Waals surface area (Å²) < 4.78 is 15.9. The molecule has 1 aliphatic carbocycles. The summed E-state index contributed by atoms with van der Waals surface area (Å²) in [5.74, 6) is 1.37. The lowest BCUT2D eigenvalue weighted by atomic mass is 9.92. The van der Waals surface area contributed by atoms with Gasteiger partial charge in [0.05, 0.1) is 11.0 Å². The van der Waals surface area contributed by atoms with Crippen molar-refractivity contribution in [3.05, 3.63) is 29.3 Å². The molecular formula is C14H16ClFN2. The van der Waals surface area contributed by atoms with Crippen molar-refractivity contribution in [2.45, 2.75) is 38.6 Å². The Hall–Kier alpha value is -1.09. The molecule has 1 saturated carbocycles. The van der Waals surface area contributed by atoms with E-state index in [0.717, 1.165) is 23.3 Å². The van der Waals surface area contributed by atoms with Crippen molar-refractivity contribution in [1.82, 2.24) is 9.55 Å². The van der Waals surface area contributed by atoms with Crippen LogP contribution in [0.2, 0.25) is 0 Å². The van der Waals surface area contributed by atoms with Crippen LogP contribution in [0.3, 0.4) is 0 Å². The third kappa shape index (κ3) is 1.81. The number of aromatic nitrogens is 2. The highest BCUT2D eigenvalue weighted by atomic mass is 35.5. The van der Waals surface area contributed by atoms with Gasteiger partial charge in [0.15, 0.2) is 0 Å². The zero-order chi connectivity index (χ0) is 12.7. The van der Waals surface area contributed by atoms with Gasteiger partial charge in [0.2, 0.25) is 0 Å². The second-order valence-corrected chi connectivity index (χ2v) is 5.39. The Kier molecular flexibility index (Phi) is 3.02. The van der Waals surface area contributed by atoms with E-state index in [2.05, 4.69) is 9.55 Å². The standard InChI is InChI=1S/C14H16ClFN2/c1-9-7-13-12(8-11(9)16)17-14(5-6-15)18(13)10-3-2-4-10/h7-8,10H,2-6H2,1H3. The predicted octanol–water partition coefficient (Wildman–Crippen LogP) is 3.99. The van der Waals surface area contributed by atoms with Gasteiger partial charge >= 0.3 is 0 Å². The number of fused-ring (bicyclic) bond motifs is 1. The Morgan fingerprint density at radius 1 is 1.44 bits per heavy atom. The van der Waals surface area contributed by atoms with Gasteiger partial charge in [-0.05, 0) is 37.8 Å². The van der Waals surface area contributed by atoms with Gasteiger partial charge in [-0.25, -0.2) is 9.37 Å². The molecule has 0 atom stereocenters. The first-order valence-corrected chi connectivity index (χ1v) is 6.97. The van der Waals surface area contributed by atoms with Crippen LogP contribution < -0.4 is 0 Å². The van der Waals surface area contributed by atoms with Crippen molar-refractivity contribution >= 4 is 22.6 Å². The van der Waals surface area contributed by atoms with Crippen LogP contribution in [0.25, 0.3) is 11.0 Å². The van der Waals surface area contributed by atoms with Crippen molar-refractivity contribution < 1.29 is 4.39 Å². The zero-order valence-corrected chi connectivity index (χ0v) is 11.2. The van der Waals surface area contributed by atoms with E-state index in [0.29, 0.717) is 17.5 Å². The Morgan fingerprint density at radius 3 is 2.83 bits per heavy atom. The highest BCUT2D eigenvalue weighted by molar-refractivity contribution is 6.17. The van der Waals surface area contributed by atoms with E-state index in [9.17, 15) is 4.39 Å². The van der Waals surface area contributed by atoms with Gasteiger partial charge in [-0.2, -0.15) is 0 Å². The van der Waals surface area contributed by atoms with Crippen LogP contribution in [0, 0.1) is 12.7 Å². The summed E-state index contributed by atoms with van der Waals surface area (Å²) >= 11 is 5.84. The molecule has 1 fully saturated rings. The van der Waals surface area contributed by atoms with Gasteiger partial charge in [0, 0.05) is 24.4 Å². The van der Waals surface area contributed by atoms with Gasteiger partial charge in [-0.3, -0.25) is 0 Å². The molecule has 1 aromatic carbocycles. The molecule has 0 unspecified atom stereocenters. The van der Waals surface area contributed by atoms with E-state index in [1.54, 1.807) is 6.92 Å². The molecular weight excluding hydrogens is 251 g/mol. The summed E-state index contributed by atoms with van der Waals surface area (Å²) in [6, 6.07) is 3.98. The van der Waals surface area contributed by atoms with E-state index in [4.69, 9.17) is 11.6 Å². The van der Waals surface area contributed by atoms with Crippen LogP contribution in [0.5, 0.6) is 0 Å². The van der Waals surface area contributed by atoms with Crippen LogP contribution in [0.4, 0.5) is 4.39 Å². The molecule has 2 nitrogen and oxygen atoms in total. The molecule has 1 aliphatic rings. The Bertz CT molecular complexity index is 587. The minimum atomic E-state index is -0.182. The monoisotopic (exact) mass is 266 g/mol. The number of nitrogens with zero attached hydrogens (tertiary/aromatic N) is 2. The lowest BCUT2D eigenvalue weighted by molar-refractivity contribution is 0.313. The van der Waals surface area contributed by atoms with Crippen LogP contribution in [0.15, 0.2) is 12.1 Å². The van der Waals surface area contributed by atoms with Crippen molar-refractivity contribution in [3.63, 3.8) is 0 Å². The fourth-order valence-electron chi connectivity index (χ4n) is 2.58. The second-order valence-electron chi connectivity index (χ2n) is 5.01. The molecule has 0 saturated heterocycles. The molecule has 0 N–H and O–H groups in total. The molecule has 2 aromatic rings. The zero-order valence-electron chi connectivity index (χ0n) is 10.4. The van der Waals surface area contributed by atoms with Crippen LogP contribution in [-0.4, -0.2) is 15.4 Å². The lowest BCUT2D eigenvalue weighted by Crippen LogP contribution is -2.19. The molecule has 96 valence electrons. The van der Waals surface area contributed by atoms with E-state index in [-0.39, 0.29) is 5.82 Å². The van der Waals surface area contributed by atoms with E-state index in [1.807, 2.05) is 6.07 Å². The summed E-state index contributed by atoms with van der Waals surface area (Å²) in [5, 5.41) is 0. The molecule has 4 heteroatoms. The molecule has 0 bridgehead atoms. The normalized spacial score (nSPS) is 16.2. The third-order valence-electron chi connectivity index (χ3n) is 3.80. The molecule has 0 spiro atoms. The molecule has 0 amide bonds. The summed E-state index contributed by atoms with van der Waals surface area (Å²) in [5.41, 5.74) is 2.49. The topological polar surface area (TPSA) is 17.8 Å². The average Bonchev–Trinajstić information content (AvgIpc) is 2.57. The first-order chi connectivity index (χ1) is 8.70. The first kappa shape index (κ1) is 12.0. The quantitative estimate of drug-likeness (QED) is 0.768. The van der Waals surface area contributed by atoms with Gasteiger partial charge in [0.25, 0.3) is 0 Å². The third-order valence-corrected chi connectivity index (χ3v) is 3.99. The van der Waals surface area contributed by atoms with Gasteiger partial charge in [0.1, 0.15) is 11.6 Å². The van der Waals surface area contributed by atoms with E-state index in [1.165, 1.54) is 25.3 Å². The second kappa shape index (κ2) is 4.54. The molecule has 1 heterocycles. The minimum absolute atomic E-state index is 0.182. The number of rotatable bonds is 3. The average molecular weight is 267 g/mol. The van der Waals surface area contributed by atoms with Gasteiger partial charge < -0.3 is 4.57 Å².